The topological polar surface area (TPSA) is 46.3 Å². The van der Waals surface area contributed by atoms with Crippen LogP contribution in [0.3, 0.4) is 0 Å². The summed E-state index contributed by atoms with van der Waals surface area (Å²) in [4.78, 5) is 13.9. The summed E-state index contributed by atoms with van der Waals surface area (Å²) < 4.78 is 0. The van der Waals surface area contributed by atoms with E-state index in [1.807, 2.05) is 37.8 Å². The molecule has 1 atom stereocenters. The Balaban J connectivity index is 2.49. The first-order valence-corrected chi connectivity index (χ1v) is 6.25. The van der Waals surface area contributed by atoms with Gasteiger partial charge in [0.25, 0.3) is 0 Å². The van der Waals surface area contributed by atoms with Crippen molar-refractivity contribution in [2.45, 2.75) is 27.2 Å². The third-order valence-corrected chi connectivity index (χ3v) is 3.75. The molecule has 1 aromatic carbocycles. The molecule has 18 heavy (non-hydrogen) atoms. The van der Waals surface area contributed by atoms with Crippen LogP contribution in [0.1, 0.15) is 23.1 Å². The highest BCUT2D eigenvalue weighted by molar-refractivity contribution is 5.98. The van der Waals surface area contributed by atoms with Crippen molar-refractivity contribution in [3.05, 3.63) is 35.4 Å². The molecule has 1 aliphatic rings. The Morgan fingerprint density at radius 2 is 2.06 bits per heavy atom. The van der Waals surface area contributed by atoms with Crippen LogP contribution in [-0.4, -0.2) is 12.5 Å². The minimum absolute atomic E-state index is 0.161. The van der Waals surface area contributed by atoms with Crippen LogP contribution in [0.15, 0.2) is 18.7 Å². The summed E-state index contributed by atoms with van der Waals surface area (Å²) >= 11 is 0. The fourth-order valence-corrected chi connectivity index (χ4v) is 2.71. The van der Waals surface area contributed by atoms with Gasteiger partial charge in [-0.1, -0.05) is 12.1 Å². The van der Waals surface area contributed by atoms with Crippen LogP contribution in [0.4, 0.5) is 11.4 Å². The number of hydrogen-bond acceptors (Lipinski definition) is 2. The van der Waals surface area contributed by atoms with Crippen LogP contribution in [0.2, 0.25) is 0 Å². The maximum Gasteiger partial charge on any atom is 0.227 e. The Hall–Kier alpha value is -1.77. The zero-order chi connectivity index (χ0) is 13.4. The Bertz CT molecular complexity index is 520. The van der Waals surface area contributed by atoms with Gasteiger partial charge < -0.3 is 10.6 Å². The standard InChI is InChI=1S/C15H20N2O/c1-5-12-7-13(18)17(8-12)15-10(3)6-9(2)14(16)11(15)4/h5-6,12H,1,7-8,16H2,2-4H3. The van der Waals surface area contributed by atoms with Crippen LogP contribution in [0, 0.1) is 26.7 Å². The van der Waals surface area contributed by atoms with Crippen molar-refractivity contribution < 1.29 is 4.79 Å². The molecule has 96 valence electrons. The van der Waals surface area contributed by atoms with E-state index in [0.717, 1.165) is 28.1 Å². The number of hydrogen-bond donors (Lipinski definition) is 1. The normalized spacial score (nSPS) is 19.4. The zero-order valence-electron chi connectivity index (χ0n) is 11.3. The Morgan fingerprint density at radius 1 is 1.39 bits per heavy atom. The molecule has 1 aliphatic heterocycles. The largest absolute Gasteiger partial charge is 0.398 e. The molecular formula is C15H20N2O. The van der Waals surface area contributed by atoms with Crippen LogP contribution >= 0.6 is 0 Å². The first-order chi connectivity index (χ1) is 8.45. The number of benzene rings is 1. The fourth-order valence-electron chi connectivity index (χ4n) is 2.71. The summed E-state index contributed by atoms with van der Waals surface area (Å²) in [5.74, 6) is 0.410. The molecule has 1 fully saturated rings. The van der Waals surface area contributed by atoms with E-state index in [0.29, 0.717) is 13.0 Å². The van der Waals surface area contributed by atoms with Gasteiger partial charge in [0.05, 0.1) is 5.69 Å². The summed E-state index contributed by atoms with van der Waals surface area (Å²) in [6.45, 7) is 10.5. The lowest BCUT2D eigenvalue weighted by atomic mass is 10.0. The van der Waals surface area contributed by atoms with E-state index in [4.69, 9.17) is 5.73 Å². The van der Waals surface area contributed by atoms with Crippen molar-refractivity contribution in [1.82, 2.24) is 0 Å². The van der Waals surface area contributed by atoms with Gasteiger partial charge in [0.1, 0.15) is 0 Å². The average Bonchev–Trinajstić information content (AvgIpc) is 2.68. The molecule has 0 bridgehead atoms. The number of nitrogen functional groups attached to an aromatic ring is 1. The van der Waals surface area contributed by atoms with Crippen LogP contribution in [0.5, 0.6) is 0 Å². The molecule has 1 saturated heterocycles. The Morgan fingerprint density at radius 3 is 2.61 bits per heavy atom. The van der Waals surface area contributed by atoms with Gasteiger partial charge in [-0.3, -0.25) is 4.79 Å². The highest BCUT2D eigenvalue weighted by atomic mass is 16.2. The second-order valence-corrected chi connectivity index (χ2v) is 5.10. The molecule has 0 saturated carbocycles. The molecule has 3 heteroatoms. The molecule has 0 aliphatic carbocycles. The second-order valence-electron chi connectivity index (χ2n) is 5.10. The minimum atomic E-state index is 0.161. The molecule has 1 amide bonds. The number of nitrogens with two attached hydrogens (primary N) is 1. The molecule has 1 heterocycles. The quantitative estimate of drug-likeness (QED) is 0.642. The number of rotatable bonds is 2. The molecule has 0 aromatic heterocycles. The van der Waals surface area contributed by atoms with Crippen molar-refractivity contribution in [2.75, 3.05) is 17.2 Å². The molecule has 1 unspecified atom stereocenters. The number of nitrogens with zero attached hydrogens (tertiary/aromatic N) is 1. The average molecular weight is 244 g/mol. The third-order valence-electron chi connectivity index (χ3n) is 3.75. The van der Waals surface area contributed by atoms with Crippen LogP contribution in [-0.2, 0) is 4.79 Å². The third kappa shape index (κ3) is 1.90. The highest BCUT2D eigenvalue weighted by Crippen LogP contribution is 2.35. The first kappa shape index (κ1) is 12.7. The number of anilines is 2. The first-order valence-electron chi connectivity index (χ1n) is 6.25. The fraction of sp³-hybridized carbons (Fsp3) is 0.400. The second kappa shape index (κ2) is 4.48. The summed E-state index contributed by atoms with van der Waals surface area (Å²) in [7, 11) is 0. The van der Waals surface area contributed by atoms with E-state index in [-0.39, 0.29) is 11.8 Å². The summed E-state index contributed by atoms with van der Waals surface area (Å²) in [5, 5.41) is 0. The van der Waals surface area contributed by atoms with E-state index in [2.05, 4.69) is 6.58 Å². The Kier molecular flexibility index (Phi) is 3.16. The molecule has 1 aromatic rings. The van der Waals surface area contributed by atoms with Gasteiger partial charge in [-0.15, -0.1) is 6.58 Å². The molecule has 3 nitrogen and oxygen atoms in total. The smallest absolute Gasteiger partial charge is 0.227 e. The molecular weight excluding hydrogens is 224 g/mol. The van der Waals surface area contributed by atoms with E-state index in [1.165, 1.54) is 0 Å². The SMILES string of the molecule is C=CC1CC(=O)N(c2c(C)cc(C)c(N)c2C)C1. The summed E-state index contributed by atoms with van der Waals surface area (Å²) in [6.07, 6.45) is 2.41. The van der Waals surface area contributed by atoms with Gasteiger partial charge >= 0.3 is 0 Å². The number of aryl methyl sites for hydroxylation is 2. The van der Waals surface area contributed by atoms with Crippen molar-refractivity contribution >= 4 is 17.3 Å². The van der Waals surface area contributed by atoms with E-state index >= 15 is 0 Å². The predicted octanol–water partition coefficient (Wildman–Crippen LogP) is 2.73. The van der Waals surface area contributed by atoms with Crippen LogP contribution < -0.4 is 10.6 Å². The minimum Gasteiger partial charge on any atom is -0.398 e. The van der Waals surface area contributed by atoms with E-state index in [1.54, 1.807) is 0 Å². The number of carbonyl (C=O) groups excluding carboxylic acids is 1. The Labute approximate surface area is 108 Å². The van der Waals surface area contributed by atoms with E-state index in [9.17, 15) is 4.79 Å². The summed E-state index contributed by atoms with van der Waals surface area (Å²) in [6, 6.07) is 2.05. The maximum atomic E-state index is 12.1. The predicted molar refractivity (Wildman–Crippen MR) is 75.7 cm³/mol. The molecule has 0 spiro atoms. The summed E-state index contributed by atoms with van der Waals surface area (Å²) in [5.41, 5.74) is 11.0. The van der Waals surface area contributed by atoms with Gasteiger partial charge in [0.2, 0.25) is 5.91 Å². The molecule has 2 N–H and O–H groups in total. The van der Waals surface area contributed by atoms with Crippen molar-refractivity contribution in [2.24, 2.45) is 5.92 Å². The highest BCUT2D eigenvalue weighted by Gasteiger charge is 2.31. The van der Waals surface area contributed by atoms with Gasteiger partial charge in [-0.2, -0.15) is 0 Å². The lowest BCUT2D eigenvalue weighted by Crippen LogP contribution is -2.26. The van der Waals surface area contributed by atoms with E-state index < -0.39 is 0 Å². The van der Waals surface area contributed by atoms with Gasteiger partial charge in [0, 0.05) is 24.6 Å². The van der Waals surface area contributed by atoms with Crippen molar-refractivity contribution in [1.29, 1.82) is 0 Å². The number of carbonyl (C=O) groups is 1. The van der Waals surface area contributed by atoms with Gasteiger partial charge in [0.15, 0.2) is 0 Å². The van der Waals surface area contributed by atoms with Crippen LogP contribution in [0.25, 0.3) is 0 Å². The molecule has 2 rings (SSSR count). The number of amides is 1. The maximum absolute atomic E-state index is 12.1. The van der Waals surface area contributed by atoms with Crippen molar-refractivity contribution in [3.63, 3.8) is 0 Å². The van der Waals surface area contributed by atoms with Gasteiger partial charge in [-0.25, -0.2) is 0 Å². The van der Waals surface area contributed by atoms with Gasteiger partial charge in [-0.05, 0) is 37.5 Å². The van der Waals surface area contributed by atoms with Crippen molar-refractivity contribution in [3.8, 4) is 0 Å². The zero-order valence-corrected chi connectivity index (χ0v) is 11.3. The lowest BCUT2D eigenvalue weighted by molar-refractivity contribution is -0.117. The monoisotopic (exact) mass is 244 g/mol. The molecule has 0 radical (unpaired) electrons. The lowest BCUT2D eigenvalue weighted by Gasteiger charge is -2.23.